The third-order valence-corrected chi connectivity index (χ3v) is 4.37. The van der Waals surface area contributed by atoms with Gasteiger partial charge in [0.1, 0.15) is 12.7 Å². The lowest BCUT2D eigenvalue weighted by Crippen LogP contribution is -2.27. The molecule has 5 heteroatoms. The summed E-state index contributed by atoms with van der Waals surface area (Å²) < 4.78 is 1.73. The summed E-state index contributed by atoms with van der Waals surface area (Å²) in [5, 5.41) is 14.5. The Bertz CT molecular complexity index is 741. The van der Waals surface area contributed by atoms with Gasteiger partial charge in [-0.2, -0.15) is 5.10 Å². The molecular weight excluding hydrogens is 300 g/mol. The summed E-state index contributed by atoms with van der Waals surface area (Å²) in [5.74, 6) is 0. The van der Waals surface area contributed by atoms with Crippen molar-refractivity contribution in [2.75, 3.05) is 13.6 Å². The van der Waals surface area contributed by atoms with Crippen molar-refractivity contribution in [2.45, 2.75) is 19.1 Å². The van der Waals surface area contributed by atoms with Crippen molar-refractivity contribution in [3.8, 4) is 5.69 Å². The Kier molecular flexibility index (Phi) is 5.03. The van der Waals surface area contributed by atoms with E-state index in [-0.39, 0.29) is 6.04 Å². The van der Waals surface area contributed by atoms with E-state index in [1.54, 1.807) is 11.0 Å². The van der Waals surface area contributed by atoms with Crippen molar-refractivity contribution in [3.63, 3.8) is 0 Å². The number of benzene rings is 2. The van der Waals surface area contributed by atoms with Crippen molar-refractivity contribution in [2.24, 2.45) is 0 Å². The summed E-state index contributed by atoms with van der Waals surface area (Å²) >= 11 is 0. The van der Waals surface area contributed by atoms with E-state index in [4.69, 9.17) is 0 Å². The van der Waals surface area contributed by atoms with Crippen LogP contribution in [0.5, 0.6) is 0 Å². The molecule has 0 amide bonds. The van der Waals surface area contributed by atoms with E-state index >= 15 is 0 Å². The first kappa shape index (κ1) is 16.4. The van der Waals surface area contributed by atoms with Crippen molar-refractivity contribution in [1.29, 1.82) is 0 Å². The van der Waals surface area contributed by atoms with E-state index in [1.807, 2.05) is 49.5 Å². The standard InChI is InChI=1S/C19H22N4O/c1-15(22(2)12-19(24)17-6-4-3-5-7-17)16-8-10-18(11-9-16)23-14-20-13-21-23/h3-11,13-15,19,24H,12H2,1-2H3. The molecule has 0 radical (unpaired) electrons. The van der Waals surface area contributed by atoms with Gasteiger partial charge in [-0.1, -0.05) is 42.5 Å². The Morgan fingerprint density at radius 3 is 2.38 bits per heavy atom. The first-order chi connectivity index (χ1) is 11.6. The molecular formula is C19H22N4O. The van der Waals surface area contributed by atoms with Crippen LogP contribution in [0.25, 0.3) is 5.69 Å². The Morgan fingerprint density at radius 2 is 1.75 bits per heavy atom. The van der Waals surface area contributed by atoms with Gasteiger partial charge in [0.05, 0.1) is 11.8 Å². The number of likely N-dealkylation sites (N-methyl/N-ethyl adjacent to an activating group) is 1. The minimum absolute atomic E-state index is 0.202. The van der Waals surface area contributed by atoms with Crippen molar-refractivity contribution >= 4 is 0 Å². The molecule has 24 heavy (non-hydrogen) atoms. The molecule has 1 aromatic heterocycles. The van der Waals surface area contributed by atoms with Gasteiger partial charge in [0, 0.05) is 12.6 Å². The third kappa shape index (κ3) is 3.69. The maximum absolute atomic E-state index is 10.4. The predicted molar refractivity (Wildman–Crippen MR) is 93.8 cm³/mol. The molecule has 0 fully saturated rings. The van der Waals surface area contributed by atoms with Crippen LogP contribution in [-0.4, -0.2) is 38.4 Å². The average molecular weight is 322 g/mol. The number of aromatic nitrogens is 3. The van der Waals surface area contributed by atoms with Gasteiger partial charge >= 0.3 is 0 Å². The van der Waals surface area contributed by atoms with E-state index in [9.17, 15) is 5.11 Å². The Morgan fingerprint density at radius 1 is 1.04 bits per heavy atom. The van der Waals surface area contributed by atoms with Gasteiger partial charge in [-0.3, -0.25) is 4.90 Å². The largest absolute Gasteiger partial charge is 0.387 e. The van der Waals surface area contributed by atoms with Crippen molar-refractivity contribution in [3.05, 3.63) is 78.4 Å². The van der Waals surface area contributed by atoms with Crippen LogP contribution in [-0.2, 0) is 0 Å². The highest BCUT2D eigenvalue weighted by atomic mass is 16.3. The van der Waals surface area contributed by atoms with Crippen LogP contribution in [0.3, 0.4) is 0 Å². The van der Waals surface area contributed by atoms with E-state index in [0.717, 1.165) is 11.3 Å². The number of hydrogen-bond donors (Lipinski definition) is 1. The summed E-state index contributed by atoms with van der Waals surface area (Å²) in [7, 11) is 2.03. The van der Waals surface area contributed by atoms with E-state index in [1.165, 1.54) is 11.9 Å². The van der Waals surface area contributed by atoms with Gasteiger partial charge in [0.2, 0.25) is 0 Å². The summed E-state index contributed by atoms with van der Waals surface area (Å²) in [5.41, 5.74) is 3.12. The number of nitrogens with zero attached hydrogens (tertiary/aromatic N) is 4. The van der Waals surface area contributed by atoms with Crippen LogP contribution >= 0.6 is 0 Å². The third-order valence-electron chi connectivity index (χ3n) is 4.37. The first-order valence-electron chi connectivity index (χ1n) is 8.03. The Balaban J connectivity index is 1.66. The molecule has 0 aliphatic rings. The van der Waals surface area contributed by atoms with E-state index < -0.39 is 6.10 Å². The smallest absolute Gasteiger partial charge is 0.138 e. The zero-order valence-corrected chi connectivity index (χ0v) is 13.9. The summed E-state index contributed by atoms with van der Waals surface area (Å²) in [6, 6.07) is 18.2. The zero-order valence-electron chi connectivity index (χ0n) is 13.9. The second-order valence-electron chi connectivity index (χ2n) is 5.97. The van der Waals surface area contributed by atoms with Crippen molar-refractivity contribution < 1.29 is 5.11 Å². The Hall–Kier alpha value is -2.50. The number of aliphatic hydroxyl groups excluding tert-OH is 1. The van der Waals surface area contributed by atoms with Gasteiger partial charge in [0.15, 0.2) is 0 Å². The molecule has 2 unspecified atom stereocenters. The summed E-state index contributed by atoms with van der Waals surface area (Å²) in [6.45, 7) is 2.72. The average Bonchev–Trinajstić information content (AvgIpc) is 3.16. The van der Waals surface area contributed by atoms with Crippen LogP contribution in [0.2, 0.25) is 0 Å². The highest BCUT2D eigenvalue weighted by Gasteiger charge is 2.16. The predicted octanol–water partition coefficient (Wildman–Crippen LogP) is 2.99. The molecule has 5 nitrogen and oxygen atoms in total. The fourth-order valence-electron chi connectivity index (χ4n) is 2.71. The highest BCUT2D eigenvalue weighted by molar-refractivity contribution is 5.34. The summed E-state index contributed by atoms with van der Waals surface area (Å²) in [4.78, 5) is 6.12. The molecule has 124 valence electrons. The van der Waals surface area contributed by atoms with Gasteiger partial charge in [0.25, 0.3) is 0 Å². The SMILES string of the molecule is CC(c1ccc(-n2cncn2)cc1)N(C)CC(O)c1ccccc1. The number of hydrogen-bond acceptors (Lipinski definition) is 4. The summed E-state index contributed by atoms with van der Waals surface area (Å²) in [6.07, 6.45) is 2.71. The normalized spacial score (nSPS) is 13.8. The molecule has 0 spiro atoms. The quantitative estimate of drug-likeness (QED) is 0.758. The molecule has 0 aliphatic heterocycles. The van der Waals surface area contributed by atoms with Crippen molar-refractivity contribution in [1.82, 2.24) is 19.7 Å². The minimum atomic E-state index is -0.493. The van der Waals surface area contributed by atoms with Gasteiger partial charge < -0.3 is 5.11 Å². The van der Waals surface area contributed by atoms with Crippen LogP contribution in [0.15, 0.2) is 67.3 Å². The lowest BCUT2D eigenvalue weighted by Gasteiger charge is -2.27. The van der Waals surface area contributed by atoms with Gasteiger partial charge in [-0.25, -0.2) is 9.67 Å². The maximum atomic E-state index is 10.4. The van der Waals surface area contributed by atoms with Crippen LogP contribution in [0.4, 0.5) is 0 Å². The van der Waals surface area contributed by atoms with Gasteiger partial charge in [-0.05, 0) is 37.2 Å². The van der Waals surface area contributed by atoms with Gasteiger partial charge in [-0.15, -0.1) is 0 Å². The lowest BCUT2D eigenvalue weighted by molar-refractivity contribution is 0.108. The van der Waals surface area contributed by atoms with E-state index in [0.29, 0.717) is 6.54 Å². The fraction of sp³-hybridized carbons (Fsp3) is 0.263. The zero-order chi connectivity index (χ0) is 16.9. The molecule has 0 bridgehead atoms. The highest BCUT2D eigenvalue weighted by Crippen LogP contribution is 2.23. The van der Waals surface area contributed by atoms with Crippen LogP contribution < -0.4 is 0 Å². The molecule has 2 atom stereocenters. The number of aliphatic hydroxyl groups is 1. The van der Waals surface area contributed by atoms with Crippen LogP contribution in [0, 0.1) is 0 Å². The first-order valence-corrected chi connectivity index (χ1v) is 8.03. The molecule has 3 rings (SSSR count). The molecule has 3 aromatic rings. The maximum Gasteiger partial charge on any atom is 0.138 e. The molecule has 1 heterocycles. The van der Waals surface area contributed by atoms with Crippen LogP contribution in [0.1, 0.15) is 30.2 Å². The molecule has 1 N–H and O–H groups in total. The topological polar surface area (TPSA) is 54.2 Å². The minimum Gasteiger partial charge on any atom is -0.387 e. The second-order valence-corrected chi connectivity index (χ2v) is 5.97. The molecule has 0 saturated heterocycles. The molecule has 0 saturated carbocycles. The second kappa shape index (κ2) is 7.38. The number of rotatable bonds is 6. The lowest BCUT2D eigenvalue weighted by atomic mass is 10.0. The Labute approximate surface area is 142 Å². The monoisotopic (exact) mass is 322 g/mol. The molecule has 2 aromatic carbocycles. The fourth-order valence-corrected chi connectivity index (χ4v) is 2.71. The van der Waals surface area contributed by atoms with E-state index in [2.05, 4.69) is 34.0 Å². The molecule has 0 aliphatic carbocycles.